The third-order valence-corrected chi connectivity index (χ3v) is 10.9. The van der Waals surface area contributed by atoms with Gasteiger partial charge in [-0.3, -0.25) is 4.79 Å². The second kappa shape index (κ2) is 15.9. The number of carbonyl (C=O) groups is 1. The summed E-state index contributed by atoms with van der Waals surface area (Å²) in [5.74, 6) is -2.06. The molecule has 0 bridgehead atoms. The SMILES string of the molecule is COc1ccc([C@H](c2ccc(Cl)cc2)[C@H](N)C(=O)Nc2cccc(F)c2CC[C@H]2CNC[C@H](C)N2S(=O)(=O)c2ccc(OC(F)(F)F)cc2)cn1. The fourth-order valence-corrected chi connectivity index (χ4v) is 8.15. The summed E-state index contributed by atoms with van der Waals surface area (Å²) in [5, 5.41) is 6.46. The van der Waals surface area contributed by atoms with E-state index in [0.29, 0.717) is 28.6 Å². The average molecular weight is 750 g/mol. The highest BCUT2D eigenvalue weighted by Gasteiger charge is 2.38. The predicted molar refractivity (Wildman–Crippen MR) is 184 cm³/mol. The second-order valence-corrected chi connectivity index (χ2v) is 14.3. The maximum absolute atomic E-state index is 15.4. The van der Waals surface area contributed by atoms with Gasteiger partial charge in [0.1, 0.15) is 11.6 Å². The van der Waals surface area contributed by atoms with E-state index in [-0.39, 0.29) is 35.5 Å². The number of nitrogens with zero attached hydrogens (tertiary/aromatic N) is 2. The maximum Gasteiger partial charge on any atom is 0.573 e. The smallest absolute Gasteiger partial charge is 0.481 e. The molecule has 5 rings (SSSR count). The van der Waals surface area contributed by atoms with Gasteiger partial charge in [0.05, 0.1) is 18.0 Å². The number of ether oxygens (including phenoxy) is 2. The van der Waals surface area contributed by atoms with Crippen molar-refractivity contribution in [2.45, 2.75) is 55.1 Å². The van der Waals surface area contributed by atoms with Crippen LogP contribution >= 0.6 is 11.6 Å². The Morgan fingerprint density at radius 3 is 2.37 bits per heavy atom. The van der Waals surface area contributed by atoms with Crippen molar-refractivity contribution in [2.75, 3.05) is 25.5 Å². The van der Waals surface area contributed by atoms with Crippen LogP contribution in [0.4, 0.5) is 23.2 Å². The number of alkyl halides is 3. The Bertz CT molecular complexity index is 1920. The number of nitrogens with two attached hydrogens (primary N) is 1. The minimum atomic E-state index is -4.93. The summed E-state index contributed by atoms with van der Waals surface area (Å²) in [7, 11) is -2.71. The lowest BCUT2D eigenvalue weighted by Crippen LogP contribution is -2.58. The molecule has 4 atom stereocenters. The molecule has 1 fully saturated rings. The zero-order valence-electron chi connectivity index (χ0n) is 27.5. The number of sulfonamides is 1. The number of hydrogen-bond acceptors (Lipinski definition) is 8. The third-order valence-electron chi connectivity index (χ3n) is 8.57. The summed E-state index contributed by atoms with van der Waals surface area (Å²) >= 11 is 6.11. The first-order valence-electron chi connectivity index (χ1n) is 15.9. The van der Waals surface area contributed by atoms with Gasteiger partial charge in [0.2, 0.25) is 21.8 Å². The number of anilines is 1. The molecule has 3 aromatic carbocycles. The van der Waals surface area contributed by atoms with Crippen molar-refractivity contribution in [3.63, 3.8) is 0 Å². The van der Waals surface area contributed by atoms with Gasteiger partial charge in [-0.1, -0.05) is 35.9 Å². The van der Waals surface area contributed by atoms with Crippen molar-refractivity contribution in [2.24, 2.45) is 5.73 Å². The van der Waals surface area contributed by atoms with Crippen molar-refractivity contribution in [1.29, 1.82) is 0 Å². The summed E-state index contributed by atoms with van der Waals surface area (Å²) in [6.07, 6.45) is -3.19. The predicted octanol–water partition coefficient (Wildman–Crippen LogP) is 5.86. The highest BCUT2D eigenvalue weighted by Crippen LogP contribution is 2.32. The van der Waals surface area contributed by atoms with Crippen LogP contribution in [0.1, 0.15) is 36.0 Å². The van der Waals surface area contributed by atoms with Gasteiger partial charge in [-0.25, -0.2) is 17.8 Å². The lowest BCUT2D eigenvalue weighted by Gasteiger charge is -2.40. The number of carbonyl (C=O) groups excluding carboxylic acids is 1. The Kier molecular flexibility index (Phi) is 11.9. The van der Waals surface area contributed by atoms with E-state index in [1.165, 1.54) is 29.6 Å². The van der Waals surface area contributed by atoms with Crippen LogP contribution in [0.25, 0.3) is 0 Å². The van der Waals surface area contributed by atoms with E-state index in [1.54, 1.807) is 49.5 Å². The first-order valence-corrected chi connectivity index (χ1v) is 17.7. The first-order chi connectivity index (χ1) is 24.2. The largest absolute Gasteiger partial charge is 0.573 e. The highest BCUT2D eigenvalue weighted by atomic mass is 35.5. The van der Waals surface area contributed by atoms with Crippen molar-refractivity contribution in [3.8, 4) is 11.6 Å². The zero-order valence-corrected chi connectivity index (χ0v) is 29.1. The van der Waals surface area contributed by atoms with E-state index < -0.39 is 57.9 Å². The number of rotatable bonds is 12. The van der Waals surface area contributed by atoms with Crippen LogP contribution in [0.3, 0.4) is 0 Å². The van der Waals surface area contributed by atoms with E-state index in [1.807, 2.05) is 0 Å². The van der Waals surface area contributed by atoms with Crippen molar-refractivity contribution in [3.05, 3.63) is 113 Å². The lowest BCUT2D eigenvalue weighted by atomic mass is 9.85. The Labute approximate surface area is 298 Å². The fourth-order valence-electron chi connectivity index (χ4n) is 6.18. The Hall–Kier alpha value is -4.28. The summed E-state index contributed by atoms with van der Waals surface area (Å²) in [6.45, 7) is 2.25. The Morgan fingerprint density at radius 2 is 1.75 bits per heavy atom. The van der Waals surface area contributed by atoms with E-state index in [4.69, 9.17) is 22.1 Å². The number of hydrogen-bond donors (Lipinski definition) is 3. The molecule has 4 N–H and O–H groups in total. The molecule has 2 heterocycles. The molecule has 1 aliphatic heterocycles. The van der Waals surface area contributed by atoms with Gasteiger partial charge >= 0.3 is 6.36 Å². The van der Waals surface area contributed by atoms with Crippen molar-refractivity contribution in [1.82, 2.24) is 14.6 Å². The summed E-state index contributed by atoms with van der Waals surface area (Å²) in [4.78, 5) is 17.8. The van der Waals surface area contributed by atoms with Crippen LogP contribution in [-0.2, 0) is 21.2 Å². The average Bonchev–Trinajstić information content (AvgIpc) is 3.08. The summed E-state index contributed by atoms with van der Waals surface area (Å²) in [6, 6.07) is 16.1. The molecular formula is C35H36ClF4N5O5S. The maximum atomic E-state index is 15.4. The molecule has 4 aromatic rings. The fraction of sp³-hybridized carbons (Fsp3) is 0.314. The van der Waals surface area contributed by atoms with E-state index in [0.717, 1.165) is 24.3 Å². The van der Waals surface area contributed by atoms with Crippen LogP contribution in [0.2, 0.25) is 5.02 Å². The van der Waals surface area contributed by atoms with Gasteiger partial charge in [0.25, 0.3) is 0 Å². The van der Waals surface area contributed by atoms with Crippen LogP contribution in [0.15, 0.2) is 90.0 Å². The van der Waals surface area contributed by atoms with Gasteiger partial charge in [0.15, 0.2) is 0 Å². The van der Waals surface area contributed by atoms with E-state index in [2.05, 4.69) is 20.4 Å². The Morgan fingerprint density at radius 1 is 1.06 bits per heavy atom. The van der Waals surface area contributed by atoms with Gasteiger partial charge in [-0.05, 0) is 79.4 Å². The quantitative estimate of drug-likeness (QED) is 0.153. The zero-order chi connectivity index (χ0) is 36.9. The van der Waals surface area contributed by atoms with Crippen molar-refractivity contribution >= 4 is 33.2 Å². The molecule has 0 aliphatic carbocycles. The number of nitrogens with one attached hydrogen (secondary N) is 2. The highest BCUT2D eigenvalue weighted by molar-refractivity contribution is 7.89. The summed E-state index contributed by atoms with van der Waals surface area (Å²) < 4.78 is 91.3. The molecule has 1 aliphatic rings. The molecule has 10 nitrogen and oxygen atoms in total. The van der Waals surface area contributed by atoms with Gasteiger partial charge in [-0.15, -0.1) is 13.2 Å². The molecule has 0 saturated carbocycles. The molecule has 0 spiro atoms. The van der Waals surface area contributed by atoms with Crippen LogP contribution in [0, 0.1) is 5.82 Å². The van der Waals surface area contributed by atoms with Gasteiger partial charge in [-0.2, -0.15) is 4.31 Å². The van der Waals surface area contributed by atoms with Crippen molar-refractivity contribution < 1.29 is 40.2 Å². The normalized spacial score (nSPS) is 18.1. The number of aromatic nitrogens is 1. The Balaban J connectivity index is 1.36. The van der Waals surface area contributed by atoms with Crippen LogP contribution < -0.4 is 25.8 Å². The molecular weight excluding hydrogens is 714 g/mol. The minimum absolute atomic E-state index is 0.0317. The molecule has 0 radical (unpaired) electrons. The van der Waals surface area contributed by atoms with Gasteiger partial charge in [0, 0.05) is 59.6 Å². The number of methoxy groups -OCH3 is 1. The molecule has 51 heavy (non-hydrogen) atoms. The van der Waals surface area contributed by atoms with E-state index >= 15 is 4.39 Å². The number of pyridine rings is 1. The lowest BCUT2D eigenvalue weighted by molar-refractivity contribution is -0.274. The monoisotopic (exact) mass is 749 g/mol. The van der Waals surface area contributed by atoms with Crippen LogP contribution in [0.5, 0.6) is 11.6 Å². The molecule has 1 aromatic heterocycles. The standard InChI is InChI=1S/C35H36ClF4N5O5S/c1-21-18-42-20-25(45(21)51(47,48)27-14-12-26(13-15-27)50-35(38,39)40)11-16-28-29(37)4-3-5-30(28)44-34(46)33(41)32(22-6-9-24(36)10-7-22)23-8-17-31(49-2)43-19-23/h3-10,12-15,17,19,21,25,32-33,42H,11,16,18,20,41H2,1-2H3,(H,44,46)/t21-,25-,32-,33-/m0/s1. The number of piperazine rings is 1. The first kappa shape index (κ1) is 38.0. The minimum Gasteiger partial charge on any atom is -0.481 e. The number of amides is 1. The molecule has 272 valence electrons. The number of halogens is 5. The number of benzene rings is 3. The third kappa shape index (κ3) is 9.15. The molecule has 1 amide bonds. The van der Waals surface area contributed by atoms with E-state index in [9.17, 15) is 26.4 Å². The summed E-state index contributed by atoms with van der Waals surface area (Å²) in [5.41, 5.74) is 8.23. The molecule has 16 heteroatoms. The second-order valence-electron chi connectivity index (χ2n) is 12.0. The topological polar surface area (TPSA) is 136 Å². The molecule has 0 unspecified atom stereocenters. The van der Waals surface area contributed by atoms with Gasteiger partial charge < -0.3 is 25.8 Å². The molecule has 1 saturated heterocycles. The van der Waals surface area contributed by atoms with Crippen LogP contribution in [-0.4, -0.2) is 68.3 Å².